The Morgan fingerprint density at radius 2 is 1.89 bits per heavy atom. The number of carbonyl (C=O) groups excluding carboxylic acids is 1. The molecule has 0 spiro atoms. The summed E-state index contributed by atoms with van der Waals surface area (Å²) >= 11 is 0. The van der Waals surface area contributed by atoms with E-state index in [4.69, 9.17) is 0 Å². The fraction of sp³-hybridized carbons (Fsp3) is 0.929. The zero-order valence-corrected chi connectivity index (χ0v) is 12.0. The molecule has 3 nitrogen and oxygen atoms in total. The molecule has 3 fully saturated rings. The lowest BCUT2D eigenvalue weighted by Gasteiger charge is -2.16. The Bertz CT molecular complexity index is 298. The van der Waals surface area contributed by atoms with E-state index < -0.39 is 0 Å². The van der Waals surface area contributed by atoms with E-state index >= 15 is 0 Å². The number of hydrogen-bond acceptors (Lipinski definition) is 2. The van der Waals surface area contributed by atoms with Gasteiger partial charge in [-0.05, 0) is 50.6 Å². The van der Waals surface area contributed by atoms with Gasteiger partial charge in [0.2, 0.25) is 5.91 Å². The summed E-state index contributed by atoms with van der Waals surface area (Å²) in [5.74, 6) is 3.12. The smallest absolute Gasteiger partial charge is 0.226 e. The highest BCUT2D eigenvalue weighted by atomic mass is 35.5. The van der Waals surface area contributed by atoms with Crippen LogP contribution in [0.15, 0.2) is 0 Å². The normalized spacial score (nSPS) is 37.9. The molecule has 3 atom stereocenters. The summed E-state index contributed by atoms with van der Waals surface area (Å²) in [5, 5.41) is 3.23. The third kappa shape index (κ3) is 2.53. The summed E-state index contributed by atoms with van der Waals surface area (Å²) in [4.78, 5) is 14.6. The van der Waals surface area contributed by atoms with Gasteiger partial charge in [-0.25, -0.2) is 0 Å². The highest BCUT2D eigenvalue weighted by molar-refractivity contribution is 5.85. The minimum atomic E-state index is 0. The molecule has 18 heavy (non-hydrogen) atoms. The van der Waals surface area contributed by atoms with E-state index in [2.05, 4.69) is 10.2 Å². The van der Waals surface area contributed by atoms with Crippen molar-refractivity contribution in [2.45, 2.75) is 32.1 Å². The minimum Gasteiger partial charge on any atom is -0.342 e. The second-order valence-electron chi connectivity index (χ2n) is 6.13. The maximum Gasteiger partial charge on any atom is 0.226 e. The maximum atomic E-state index is 12.4. The van der Waals surface area contributed by atoms with E-state index in [1.165, 1.54) is 32.1 Å². The first-order valence-electron chi connectivity index (χ1n) is 7.24. The standard InChI is InChI=1S/C14H24N2O.ClH/c1-15-8-10-6-7-16(9-10)14(17)13-11-4-2-3-5-12(11)13;/h10-13,15H,2-9H2,1H3;1H. The number of likely N-dealkylation sites (tertiary alicyclic amines) is 1. The van der Waals surface area contributed by atoms with Gasteiger partial charge in [-0.15, -0.1) is 12.4 Å². The van der Waals surface area contributed by atoms with Gasteiger partial charge in [-0.2, -0.15) is 0 Å². The molecule has 2 saturated carbocycles. The van der Waals surface area contributed by atoms with Crippen LogP contribution < -0.4 is 5.32 Å². The number of rotatable bonds is 3. The van der Waals surface area contributed by atoms with Crippen LogP contribution in [0.4, 0.5) is 0 Å². The number of nitrogens with zero attached hydrogens (tertiary/aromatic N) is 1. The summed E-state index contributed by atoms with van der Waals surface area (Å²) in [7, 11) is 2.00. The quantitative estimate of drug-likeness (QED) is 0.851. The molecule has 0 aromatic heterocycles. The number of fused-ring (bicyclic) bond motifs is 1. The molecule has 0 aromatic carbocycles. The molecule has 1 amide bonds. The van der Waals surface area contributed by atoms with Gasteiger partial charge >= 0.3 is 0 Å². The van der Waals surface area contributed by atoms with Crippen LogP contribution in [0.1, 0.15) is 32.1 Å². The zero-order valence-electron chi connectivity index (χ0n) is 11.2. The fourth-order valence-electron chi connectivity index (χ4n) is 4.06. The topological polar surface area (TPSA) is 32.3 Å². The fourth-order valence-corrected chi connectivity index (χ4v) is 4.06. The lowest BCUT2D eigenvalue weighted by molar-refractivity contribution is -0.132. The van der Waals surface area contributed by atoms with Crippen molar-refractivity contribution in [2.75, 3.05) is 26.7 Å². The van der Waals surface area contributed by atoms with Crippen LogP contribution in [0.25, 0.3) is 0 Å². The van der Waals surface area contributed by atoms with Crippen LogP contribution in [-0.4, -0.2) is 37.5 Å². The molecule has 2 aliphatic carbocycles. The highest BCUT2D eigenvalue weighted by Crippen LogP contribution is 2.56. The van der Waals surface area contributed by atoms with Gasteiger partial charge in [0, 0.05) is 19.0 Å². The maximum absolute atomic E-state index is 12.4. The van der Waals surface area contributed by atoms with Gasteiger partial charge in [0.15, 0.2) is 0 Å². The van der Waals surface area contributed by atoms with Gasteiger partial charge < -0.3 is 10.2 Å². The predicted octanol–water partition coefficient (Wildman–Crippen LogP) is 1.91. The van der Waals surface area contributed by atoms with Crippen molar-refractivity contribution in [3.05, 3.63) is 0 Å². The zero-order chi connectivity index (χ0) is 11.8. The Morgan fingerprint density at radius 3 is 2.50 bits per heavy atom. The molecule has 4 heteroatoms. The molecule has 1 N–H and O–H groups in total. The van der Waals surface area contributed by atoms with Crippen molar-refractivity contribution >= 4 is 18.3 Å². The Balaban J connectivity index is 0.00000120. The summed E-state index contributed by atoms with van der Waals surface area (Å²) in [6.07, 6.45) is 6.53. The number of nitrogens with one attached hydrogen (secondary N) is 1. The van der Waals surface area contributed by atoms with E-state index in [1.54, 1.807) is 0 Å². The SMILES string of the molecule is CNCC1CCN(C(=O)C2C3CCCCC32)C1.Cl. The second-order valence-corrected chi connectivity index (χ2v) is 6.13. The Labute approximate surface area is 116 Å². The number of halogens is 1. The van der Waals surface area contributed by atoms with Crippen molar-refractivity contribution < 1.29 is 4.79 Å². The average Bonchev–Trinajstić information content (AvgIpc) is 2.89. The van der Waals surface area contributed by atoms with E-state index in [-0.39, 0.29) is 12.4 Å². The highest BCUT2D eigenvalue weighted by Gasteiger charge is 2.56. The predicted molar refractivity (Wildman–Crippen MR) is 74.8 cm³/mol. The molecular formula is C14H25ClN2O. The van der Waals surface area contributed by atoms with Crippen LogP contribution in [0.2, 0.25) is 0 Å². The Kier molecular flexibility index (Phi) is 4.54. The van der Waals surface area contributed by atoms with Crippen molar-refractivity contribution in [3.63, 3.8) is 0 Å². The average molecular weight is 273 g/mol. The van der Waals surface area contributed by atoms with Crippen LogP contribution in [0.5, 0.6) is 0 Å². The number of hydrogen-bond donors (Lipinski definition) is 1. The first-order valence-corrected chi connectivity index (χ1v) is 7.24. The molecule has 0 bridgehead atoms. The summed E-state index contributed by atoms with van der Waals surface area (Å²) in [6.45, 7) is 3.05. The molecular weight excluding hydrogens is 248 g/mol. The van der Waals surface area contributed by atoms with E-state index in [1.807, 2.05) is 7.05 Å². The molecule has 1 heterocycles. The lowest BCUT2D eigenvalue weighted by Crippen LogP contribution is -2.32. The first-order chi connectivity index (χ1) is 8.31. The van der Waals surface area contributed by atoms with E-state index in [9.17, 15) is 4.79 Å². The molecule has 3 unspecified atom stereocenters. The van der Waals surface area contributed by atoms with Gasteiger partial charge in [-0.3, -0.25) is 4.79 Å². The van der Waals surface area contributed by atoms with E-state index in [0.717, 1.165) is 31.5 Å². The lowest BCUT2D eigenvalue weighted by atomic mass is 10.0. The van der Waals surface area contributed by atoms with Crippen molar-refractivity contribution in [1.82, 2.24) is 10.2 Å². The third-order valence-electron chi connectivity index (χ3n) is 5.03. The molecule has 104 valence electrons. The van der Waals surface area contributed by atoms with Crippen molar-refractivity contribution in [1.29, 1.82) is 0 Å². The molecule has 3 aliphatic rings. The second kappa shape index (κ2) is 5.79. The summed E-state index contributed by atoms with van der Waals surface area (Å²) in [6, 6.07) is 0. The van der Waals surface area contributed by atoms with Crippen LogP contribution in [0, 0.1) is 23.7 Å². The van der Waals surface area contributed by atoms with Crippen LogP contribution >= 0.6 is 12.4 Å². The minimum absolute atomic E-state index is 0. The monoisotopic (exact) mass is 272 g/mol. The first kappa shape index (κ1) is 14.1. The van der Waals surface area contributed by atoms with Gasteiger partial charge in [-0.1, -0.05) is 12.8 Å². The number of amides is 1. The molecule has 0 aromatic rings. The van der Waals surface area contributed by atoms with Crippen molar-refractivity contribution in [2.24, 2.45) is 23.7 Å². The molecule has 0 radical (unpaired) electrons. The molecule has 3 rings (SSSR count). The van der Waals surface area contributed by atoms with Gasteiger partial charge in [0.25, 0.3) is 0 Å². The third-order valence-corrected chi connectivity index (χ3v) is 5.03. The Hall–Kier alpha value is -0.280. The van der Waals surface area contributed by atoms with E-state index in [0.29, 0.717) is 17.7 Å². The molecule has 1 aliphatic heterocycles. The molecule has 1 saturated heterocycles. The van der Waals surface area contributed by atoms with Crippen LogP contribution in [-0.2, 0) is 4.79 Å². The van der Waals surface area contributed by atoms with Gasteiger partial charge in [0.05, 0.1) is 0 Å². The number of carbonyl (C=O) groups is 1. The van der Waals surface area contributed by atoms with Crippen LogP contribution in [0.3, 0.4) is 0 Å². The van der Waals surface area contributed by atoms with Gasteiger partial charge in [0.1, 0.15) is 0 Å². The summed E-state index contributed by atoms with van der Waals surface area (Å²) < 4.78 is 0. The summed E-state index contributed by atoms with van der Waals surface area (Å²) in [5.41, 5.74) is 0. The Morgan fingerprint density at radius 1 is 1.22 bits per heavy atom. The largest absolute Gasteiger partial charge is 0.342 e. The van der Waals surface area contributed by atoms with Crippen molar-refractivity contribution in [3.8, 4) is 0 Å².